The van der Waals surface area contributed by atoms with Crippen LogP contribution in [0.5, 0.6) is 0 Å². The number of hydrogen-bond donors (Lipinski definition) is 3. The molecule has 1 aliphatic carbocycles. The van der Waals surface area contributed by atoms with E-state index in [2.05, 4.69) is 35.0 Å². The number of aliphatic hydroxyl groups is 1. The van der Waals surface area contributed by atoms with Crippen LogP contribution in [0.2, 0.25) is 0 Å². The molecule has 3 N–H and O–H groups in total. The van der Waals surface area contributed by atoms with Crippen molar-refractivity contribution in [1.82, 2.24) is 10.2 Å². The van der Waals surface area contributed by atoms with Crippen molar-refractivity contribution in [3.8, 4) is 11.1 Å². The largest absolute Gasteiger partial charge is 0.481 e. The molecule has 5 rings (SSSR count). The Morgan fingerprint density at radius 3 is 2.37 bits per heavy atom. The highest BCUT2D eigenvalue weighted by molar-refractivity contribution is 5.76. The number of ether oxygens (including phenoxy) is 2. The van der Waals surface area contributed by atoms with E-state index in [0.717, 1.165) is 52.9 Å². The van der Waals surface area contributed by atoms with Crippen LogP contribution in [0.3, 0.4) is 0 Å². The van der Waals surface area contributed by atoms with Crippen molar-refractivity contribution in [2.24, 2.45) is 0 Å². The Kier molecular flexibility index (Phi) is 12.1. The molecule has 1 heterocycles. The Bertz CT molecular complexity index is 1450. The van der Waals surface area contributed by atoms with Gasteiger partial charge in [0.05, 0.1) is 18.8 Å². The maximum Gasteiger partial charge on any atom is 0.303 e. The molecule has 0 aromatic heterocycles. The van der Waals surface area contributed by atoms with Crippen molar-refractivity contribution >= 4 is 11.9 Å². The average Bonchev–Trinajstić information content (AvgIpc) is 3.62. The molecule has 2 fully saturated rings. The minimum Gasteiger partial charge on any atom is -0.481 e. The van der Waals surface area contributed by atoms with Gasteiger partial charge in [-0.05, 0) is 59.2 Å². The van der Waals surface area contributed by atoms with Gasteiger partial charge < -0.3 is 25.0 Å². The molecule has 1 saturated heterocycles. The van der Waals surface area contributed by atoms with Gasteiger partial charge in [-0.3, -0.25) is 14.5 Å². The van der Waals surface area contributed by atoms with E-state index in [1.54, 1.807) is 0 Å². The number of carboxylic acids is 1. The summed E-state index contributed by atoms with van der Waals surface area (Å²) in [5.41, 5.74) is 5.87. The van der Waals surface area contributed by atoms with Crippen LogP contribution < -0.4 is 5.32 Å². The smallest absolute Gasteiger partial charge is 0.303 e. The van der Waals surface area contributed by atoms with Gasteiger partial charge in [-0.15, -0.1) is 6.58 Å². The molecular weight excluding hydrogens is 580 g/mol. The highest BCUT2D eigenvalue weighted by Crippen LogP contribution is 2.39. The van der Waals surface area contributed by atoms with Crippen LogP contribution in [0.4, 0.5) is 0 Å². The van der Waals surface area contributed by atoms with Crippen LogP contribution in [0.1, 0.15) is 86.0 Å². The van der Waals surface area contributed by atoms with E-state index in [-0.39, 0.29) is 37.6 Å². The van der Waals surface area contributed by atoms with E-state index < -0.39 is 12.3 Å². The van der Waals surface area contributed by atoms with Gasteiger partial charge in [0.15, 0.2) is 6.29 Å². The van der Waals surface area contributed by atoms with Gasteiger partial charge >= 0.3 is 5.97 Å². The zero-order valence-electron chi connectivity index (χ0n) is 26.5. The zero-order valence-corrected chi connectivity index (χ0v) is 26.5. The predicted molar refractivity (Wildman–Crippen MR) is 178 cm³/mol. The molecule has 2 aliphatic rings. The summed E-state index contributed by atoms with van der Waals surface area (Å²) in [5.74, 6) is -1.05. The fraction of sp³-hybridized carbons (Fsp3) is 0.421. The quantitative estimate of drug-likeness (QED) is 0.161. The SMILES string of the molecule is C=CCN(C[C@H]1C[C@@H](c2ccc(CO)cc2)O[C@@H](c2cccc(-c3cccc(CNC(=O)CCCC(=O)O)c3)c2)O1)C1CCCC1. The van der Waals surface area contributed by atoms with Crippen LogP contribution >= 0.6 is 0 Å². The first-order valence-electron chi connectivity index (χ1n) is 16.4. The second-order valence-electron chi connectivity index (χ2n) is 12.4. The van der Waals surface area contributed by atoms with Gasteiger partial charge in [0, 0.05) is 50.5 Å². The number of nitrogens with one attached hydrogen (secondary N) is 1. The van der Waals surface area contributed by atoms with Crippen molar-refractivity contribution in [3.63, 3.8) is 0 Å². The van der Waals surface area contributed by atoms with Gasteiger partial charge in [0.1, 0.15) is 0 Å². The second kappa shape index (κ2) is 16.7. The zero-order chi connectivity index (χ0) is 32.3. The lowest BCUT2D eigenvalue weighted by atomic mass is 9.98. The average molecular weight is 627 g/mol. The van der Waals surface area contributed by atoms with Crippen LogP contribution in [0.25, 0.3) is 11.1 Å². The van der Waals surface area contributed by atoms with E-state index in [4.69, 9.17) is 14.6 Å². The van der Waals surface area contributed by atoms with Gasteiger partial charge in [-0.2, -0.15) is 0 Å². The summed E-state index contributed by atoms with van der Waals surface area (Å²) >= 11 is 0. The van der Waals surface area contributed by atoms with E-state index >= 15 is 0 Å². The summed E-state index contributed by atoms with van der Waals surface area (Å²) in [6.45, 7) is 6.04. The third-order valence-electron chi connectivity index (χ3n) is 8.96. The Labute approximate surface area is 272 Å². The monoisotopic (exact) mass is 626 g/mol. The molecule has 0 unspecified atom stereocenters. The van der Waals surface area contributed by atoms with Crippen molar-refractivity contribution in [1.29, 1.82) is 0 Å². The van der Waals surface area contributed by atoms with Crippen molar-refractivity contribution in [3.05, 3.63) is 108 Å². The Morgan fingerprint density at radius 1 is 0.913 bits per heavy atom. The van der Waals surface area contributed by atoms with Crippen molar-refractivity contribution < 1.29 is 29.3 Å². The molecule has 0 spiro atoms. The van der Waals surface area contributed by atoms with Crippen LogP contribution in [0, 0.1) is 0 Å². The maximum atomic E-state index is 12.2. The molecule has 8 heteroatoms. The first kappa shape index (κ1) is 33.5. The molecular formula is C38H46N2O6. The normalized spacial score (nSPS) is 20.1. The molecule has 0 bridgehead atoms. The lowest BCUT2D eigenvalue weighted by Gasteiger charge is -2.39. The minimum absolute atomic E-state index is 0.00518. The van der Waals surface area contributed by atoms with E-state index in [0.29, 0.717) is 19.0 Å². The summed E-state index contributed by atoms with van der Waals surface area (Å²) < 4.78 is 13.4. The third kappa shape index (κ3) is 9.36. The Hall–Kier alpha value is -3.82. The number of carbonyl (C=O) groups is 2. The van der Waals surface area contributed by atoms with Crippen molar-refractivity contribution in [2.75, 3.05) is 13.1 Å². The number of nitrogens with zero attached hydrogens (tertiary/aromatic N) is 1. The molecule has 46 heavy (non-hydrogen) atoms. The van der Waals surface area contributed by atoms with Gasteiger partial charge in [-0.25, -0.2) is 0 Å². The van der Waals surface area contributed by atoms with E-state index in [1.807, 2.05) is 60.7 Å². The molecule has 0 radical (unpaired) electrons. The number of carboxylic acid groups (broad SMARTS) is 1. The molecule has 3 aromatic rings. The number of carbonyl (C=O) groups excluding carboxylic acids is 1. The van der Waals surface area contributed by atoms with Gasteiger partial charge in [-0.1, -0.05) is 79.6 Å². The maximum absolute atomic E-state index is 12.2. The standard InChI is InChI=1S/C38H46N2O6/c1-2-20-40(33-12-3-4-13-33)25-34-23-35(29-18-16-27(26-41)17-19-29)46-38(45-34)32-11-6-10-31(22-32)30-9-5-8-28(21-30)24-39-36(42)14-7-15-37(43)44/h2,5-6,8-11,16-19,21-22,33-35,38,41H,1,3-4,7,12-15,20,23-26H2,(H,39,42)(H,43,44)/t34-,35+,38+/m1/s1. The molecule has 1 amide bonds. The summed E-state index contributed by atoms with van der Waals surface area (Å²) in [6.07, 6.45) is 7.43. The third-order valence-corrected chi connectivity index (χ3v) is 8.96. The van der Waals surface area contributed by atoms with Gasteiger partial charge in [0.25, 0.3) is 0 Å². The summed E-state index contributed by atoms with van der Waals surface area (Å²) in [6, 6.07) is 24.8. The highest BCUT2D eigenvalue weighted by atomic mass is 16.7. The number of amides is 1. The van der Waals surface area contributed by atoms with Crippen LogP contribution in [-0.2, 0) is 32.2 Å². The molecule has 244 valence electrons. The Morgan fingerprint density at radius 2 is 1.65 bits per heavy atom. The van der Waals surface area contributed by atoms with Crippen LogP contribution in [0.15, 0.2) is 85.5 Å². The summed E-state index contributed by atoms with van der Waals surface area (Å²) in [4.78, 5) is 25.4. The number of aliphatic hydroxyl groups excluding tert-OH is 1. The number of benzene rings is 3. The molecule has 3 atom stereocenters. The predicted octanol–water partition coefficient (Wildman–Crippen LogP) is 6.69. The molecule has 1 saturated carbocycles. The molecule has 3 aromatic carbocycles. The summed E-state index contributed by atoms with van der Waals surface area (Å²) in [7, 11) is 0. The van der Waals surface area contributed by atoms with Gasteiger partial charge in [0.2, 0.25) is 5.91 Å². The summed E-state index contributed by atoms with van der Waals surface area (Å²) in [5, 5.41) is 21.3. The highest BCUT2D eigenvalue weighted by Gasteiger charge is 2.34. The fourth-order valence-corrected chi connectivity index (χ4v) is 6.52. The number of hydrogen-bond acceptors (Lipinski definition) is 6. The van der Waals surface area contributed by atoms with E-state index in [9.17, 15) is 14.7 Å². The topological polar surface area (TPSA) is 108 Å². The molecule has 1 aliphatic heterocycles. The fourth-order valence-electron chi connectivity index (χ4n) is 6.52. The molecule has 8 nitrogen and oxygen atoms in total. The second-order valence-corrected chi connectivity index (χ2v) is 12.4. The minimum atomic E-state index is -0.895. The van der Waals surface area contributed by atoms with Crippen molar-refractivity contribution in [2.45, 2.75) is 89.1 Å². The van der Waals surface area contributed by atoms with Crippen LogP contribution in [-0.4, -0.2) is 52.2 Å². The first-order valence-corrected chi connectivity index (χ1v) is 16.4. The number of aliphatic carboxylic acids is 1. The number of rotatable bonds is 15. The lowest BCUT2D eigenvalue weighted by Crippen LogP contribution is -2.43. The first-order chi connectivity index (χ1) is 22.4. The van der Waals surface area contributed by atoms with E-state index in [1.165, 1.54) is 25.7 Å². The Balaban J connectivity index is 1.33. The lowest BCUT2D eigenvalue weighted by molar-refractivity contribution is -0.253.